The van der Waals surface area contributed by atoms with E-state index in [0.29, 0.717) is 10.9 Å². The van der Waals surface area contributed by atoms with Crippen molar-refractivity contribution >= 4 is 17.6 Å². The van der Waals surface area contributed by atoms with E-state index in [9.17, 15) is 9.90 Å². The van der Waals surface area contributed by atoms with Crippen LogP contribution in [0.15, 0.2) is 36.7 Å². The summed E-state index contributed by atoms with van der Waals surface area (Å²) in [4.78, 5) is 13.7. The van der Waals surface area contributed by atoms with Crippen LogP contribution in [0.1, 0.15) is 35.9 Å². The van der Waals surface area contributed by atoms with Crippen LogP contribution >= 0.6 is 11.6 Å². The zero-order valence-corrected chi connectivity index (χ0v) is 12.8. The standard InChI is InChI=1S/C16H18ClN3O2/c17-14-3-1-2-12(8-14)15(16(21)22)20-6-4-11(5-7-20)13-9-18-19-10-13/h1-3,8-11,15H,4-7H2,(H,18,19)(H,21,22). The summed E-state index contributed by atoms with van der Waals surface area (Å²) in [6.45, 7) is 1.50. The van der Waals surface area contributed by atoms with Gasteiger partial charge in [-0.15, -0.1) is 0 Å². The fourth-order valence-electron chi connectivity index (χ4n) is 3.16. The van der Waals surface area contributed by atoms with Gasteiger partial charge in [-0.05, 0) is 55.1 Å². The number of carboxylic acid groups (broad SMARTS) is 1. The summed E-state index contributed by atoms with van der Waals surface area (Å²) in [5, 5.41) is 17.0. The highest BCUT2D eigenvalue weighted by Crippen LogP contribution is 2.32. The summed E-state index contributed by atoms with van der Waals surface area (Å²) >= 11 is 6.00. The number of piperidine rings is 1. The predicted octanol–water partition coefficient (Wildman–Crippen LogP) is 3.07. The van der Waals surface area contributed by atoms with Crippen molar-refractivity contribution in [3.05, 3.63) is 52.8 Å². The summed E-state index contributed by atoms with van der Waals surface area (Å²) in [5.74, 6) is -0.382. The van der Waals surface area contributed by atoms with Crippen LogP contribution in [0, 0.1) is 0 Å². The summed E-state index contributed by atoms with van der Waals surface area (Å²) < 4.78 is 0. The molecular formula is C16H18ClN3O2. The van der Waals surface area contributed by atoms with Gasteiger partial charge in [0.05, 0.1) is 6.20 Å². The molecule has 0 spiro atoms. The molecule has 0 bridgehead atoms. The summed E-state index contributed by atoms with van der Waals surface area (Å²) in [6.07, 6.45) is 5.64. The first kappa shape index (κ1) is 15.1. The Morgan fingerprint density at radius 1 is 1.41 bits per heavy atom. The van der Waals surface area contributed by atoms with Crippen molar-refractivity contribution in [2.75, 3.05) is 13.1 Å². The highest BCUT2D eigenvalue weighted by atomic mass is 35.5. The Labute approximate surface area is 133 Å². The van der Waals surface area contributed by atoms with Gasteiger partial charge < -0.3 is 5.11 Å². The zero-order chi connectivity index (χ0) is 15.5. The molecule has 0 radical (unpaired) electrons. The molecule has 3 rings (SSSR count). The molecule has 22 heavy (non-hydrogen) atoms. The third kappa shape index (κ3) is 3.15. The van der Waals surface area contributed by atoms with Gasteiger partial charge in [0, 0.05) is 11.2 Å². The molecule has 116 valence electrons. The number of H-pyrrole nitrogens is 1. The normalized spacial score (nSPS) is 18.2. The van der Waals surface area contributed by atoms with Crippen LogP contribution < -0.4 is 0 Å². The maximum Gasteiger partial charge on any atom is 0.325 e. The second-order valence-electron chi connectivity index (χ2n) is 5.64. The van der Waals surface area contributed by atoms with E-state index in [1.807, 2.05) is 23.4 Å². The highest BCUT2D eigenvalue weighted by Gasteiger charge is 2.31. The monoisotopic (exact) mass is 319 g/mol. The molecule has 0 amide bonds. The van der Waals surface area contributed by atoms with Crippen LogP contribution in [-0.2, 0) is 4.79 Å². The van der Waals surface area contributed by atoms with Crippen molar-refractivity contribution in [2.45, 2.75) is 24.8 Å². The van der Waals surface area contributed by atoms with Gasteiger partial charge in [0.15, 0.2) is 0 Å². The molecule has 2 aromatic rings. The summed E-state index contributed by atoms with van der Waals surface area (Å²) in [6, 6.07) is 6.49. The third-order valence-electron chi connectivity index (χ3n) is 4.28. The van der Waals surface area contributed by atoms with Crippen LogP contribution in [0.3, 0.4) is 0 Å². The summed E-state index contributed by atoms with van der Waals surface area (Å²) in [5.41, 5.74) is 1.94. The van der Waals surface area contributed by atoms with Crippen LogP contribution in [0.5, 0.6) is 0 Å². The molecule has 2 N–H and O–H groups in total. The molecule has 2 heterocycles. The SMILES string of the molecule is O=C(O)C(c1cccc(Cl)c1)N1CCC(c2cn[nH]c2)CC1. The molecule has 1 aromatic carbocycles. The van der Waals surface area contributed by atoms with E-state index in [1.165, 1.54) is 5.56 Å². The predicted molar refractivity (Wildman–Crippen MR) is 84.0 cm³/mol. The smallest absolute Gasteiger partial charge is 0.325 e. The number of aromatic nitrogens is 2. The number of hydrogen-bond acceptors (Lipinski definition) is 3. The maximum absolute atomic E-state index is 11.7. The van der Waals surface area contributed by atoms with E-state index in [-0.39, 0.29) is 0 Å². The number of aromatic amines is 1. The van der Waals surface area contributed by atoms with Crippen LogP contribution in [0.4, 0.5) is 0 Å². The lowest BCUT2D eigenvalue weighted by Crippen LogP contribution is -2.39. The number of nitrogens with one attached hydrogen (secondary N) is 1. The second-order valence-corrected chi connectivity index (χ2v) is 6.07. The van der Waals surface area contributed by atoms with E-state index in [2.05, 4.69) is 10.2 Å². The lowest BCUT2D eigenvalue weighted by molar-refractivity contribution is -0.144. The van der Waals surface area contributed by atoms with Crippen molar-refractivity contribution in [3.63, 3.8) is 0 Å². The molecule has 0 aliphatic carbocycles. The molecule has 1 saturated heterocycles. The zero-order valence-electron chi connectivity index (χ0n) is 12.1. The molecule has 0 saturated carbocycles. The average molecular weight is 320 g/mol. The number of likely N-dealkylation sites (tertiary alicyclic amines) is 1. The number of benzene rings is 1. The first-order valence-electron chi connectivity index (χ1n) is 7.36. The van der Waals surface area contributed by atoms with Crippen molar-refractivity contribution in [3.8, 4) is 0 Å². The van der Waals surface area contributed by atoms with E-state index < -0.39 is 12.0 Å². The molecular weight excluding hydrogens is 302 g/mol. The first-order chi connectivity index (χ1) is 10.6. The van der Waals surface area contributed by atoms with Gasteiger partial charge in [0.1, 0.15) is 6.04 Å². The van der Waals surface area contributed by atoms with Crippen molar-refractivity contribution in [1.29, 1.82) is 0 Å². The number of carbonyl (C=O) groups is 1. The quantitative estimate of drug-likeness (QED) is 0.908. The maximum atomic E-state index is 11.7. The van der Waals surface area contributed by atoms with Gasteiger partial charge in [-0.1, -0.05) is 23.7 Å². The molecule has 1 atom stereocenters. The van der Waals surface area contributed by atoms with Crippen molar-refractivity contribution < 1.29 is 9.90 Å². The molecule has 1 unspecified atom stereocenters. The number of halogens is 1. The van der Waals surface area contributed by atoms with Crippen molar-refractivity contribution in [2.24, 2.45) is 0 Å². The van der Waals surface area contributed by atoms with Crippen LogP contribution in [0.25, 0.3) is 0 Å². The van der Waals surface area contributed by atoms with Gasteiger partial charge in [0.25, 0.3) is 0 Å². The summed E-state index contributed by atoms with van der Waals surface area (Å²) in [7, 11) is 0. The van der Waals surface area contributed by atoms with Crippen LogP contribution in [0.2, 0.25) is 5.02 Å². The Balaban J connectivity index is 1.73. The van der Waals surface area contributed by atoms with E-state index in [0.717, 1.165) is 31.5 Å². The Hall–Kier alpha value is -1.85. The minimum Gasteiger partial charge on any atom is -0.480 e. The van der Waals surface area contributed by atoms with Gasteiger partial charge in [-0.2, -0.15) is 5.10 Å². The number of aliphatic carboxylic acids is 1. The van der Waals surface area contributed by atoms with Gasteiger partial charge in [-0.25, -0.2) is 0 Å². The Kier molecular flexibility index (Phi) is 4.45. The second kappa shape index (κ2) is 6.50. The first-order valence-corrected chi connectivity index (χ1v) is 7.74. The van der Waals surface area contributed by atoms with Gasteiger partial charge in [0.2, 0.25) is 0 Å². The minimum atomic E-state index is -0.830. The van der Waals surface area contributed by atoms with Crippen LogP contribution in [-0.4, -0.2) is 39.3 Å². The highest BCUT2D eigenvalue weighted by molar-refractivity contribution is 6.30. The lowest BCUT2D eigenvalue weighted by Gasteiger charge is -2.35. The topological polar surface area (TPSA) is 69.2 Å². The molecule has 1 aromatic heterocycles. The molecule has 1 aliphatic rings. The van der Waals surface area contributed by atoms with Gasteiger partial charge >= 0.3 is 5.97 Å². The molecule has 1 aliphatic heterocycles. The lowest BCUT2D eigenvalue weighted by atomic mass is 9.90. The van der Waals surface area contributed by atoms with Crippen molar-refractivity contribution in [1.82, 2.24) is 15.1 Å². The number of nitrogens with zero attached hydrogens (tertiary/aromatic N) is 2. The molecule has 6 heteroatoms. The minimum absolute atomic E-state index is 0.448. The third-order valence-corrected chi connectivity index (χ3v) is 4.52. The Morgan fingerprint density at radius 3 is 2.77 bits per heavy atom. The fourth-order valence-corrected chi connectivity index (χ4v) is 3.36. The Bertz CT molecular complexity index is 637. The molecule has 1 fully saturated rings. The van der Waals surface area contributed by atoms with E-state index in [4.69, 9.17) is 11.6 Å². The average Bonchev–Trinajstić information content (AvgIpc) is 3.02. The number of rotatable bonds is 4. The van der Waals surface area contributed by atoms with E-state index in [1.54, 1.807) is 18.2 Å². The molecule has 5 nitrogen and oxygen atoms in total. The number of carboxylic acids is 1. The van der Waals surface area contributed by atoms with E-state index >= 15 is 0 Å². The Morgan fingerprint density at radius 2 is 2.18 bits per heavy atom. The van der Waals surface area contributed by atoms with Gasteiger partial charge in [-0.3, -0.25) is 14.8 Å². The largest absolute Gasteiger partial charge is 0.480 e. The fraction of sp³-hybridized carbons (Fsp3) is 0.375. The number of hydrogen-bond donors (Lipinski definition) is 2.